The van der Waals surface area contributed by atoms with Crippen LogP contribution in [0.25, 0.3) is 0 Å². The van der Waals surface area contributed by atoms with Gasteiger partial charge in [0.15, 0.2) is 0 Å². The number of aliphatic hydroxyl groups excluding tert-OH is 1. The molecule has 0 saturated carbocycles. The average Bonchev–Trinajstić information content (AvgIpc) is 1.85. The summed E-state index contributed by atoms with van der Waals surface area (Å²) in [4.78, 5) is 0. The minimum Gasteiger partial charge on any atom is -0.389 e. The van der Waals surface area contributed by atoms with Crippen LogP contribution >= 0.6 is 0 Å². The molecule has 0 aromatic heterocycles. The fourth-order valence-electron chi connectivity index (χ4n) is 1.29. The SMILES string of the molecule is Cc1ccc([C@H](C)O)c(C)c1. The summed E-state index contributed by atoms with van der Waals surface area (Å²) in [6, 6.07) is 6.09. The first kappa shape index (κ1) is 8.28. The van der Waals surface area contributed by atoms with Gasteiger partial charge < -0.3 is 5.11 Å². The first-order valence-electron chi connectivity index (χ1n) is 3.86. The van der Waals surface area contributed by atoms with Crippen LogP contribution in [0, 0.1) is 13.8 Å². The summed E-state index contributed by atoms with van der Waals surface area (Å²) in [7, 11) is 0. The highest BCUT2D eigenvalue weighted by Crippen LogP contribution is 2.17. The summed E-state index contributed by atoms with van der Waals surface area (Å²) in [6.07, 6.45) is -0.351. The van der Waals surface area contributed by atoms with Gasteiger partial charge in [0.25, 0.3) is 0 Å². The van der Waals surface area contributed by atoms with E-state index in [9.17, 15) is 5.11 Å². The molecule has 1 atom stereocenters. The summed E-state index contributed by atoms with van der Waals surface area (Å²) in [5, 5.41) is 9.30. The van der Waals surface area contributed by atoms with E-state index in [2.05, 4.69) is 13.0 Å². The third kappa shape index (κ3) is 1.81. The van der Waals surface area contributed by atoms with Crippen molar-refractivity contribution in [3.63, 3.8) is 0 Å². The quantitative estimate of drug-likeness (QED) is 0.651. The number of hydrogen-bond donors (Lipinski definition) is 1. The van der Waals surface area contributed by atoms with Crippen molar-refractivity contribution in [2.75, 3.05) is 0 Å². The van der Waals surface area contributed by atoms with E-state index in [4.69, 9.17) is 0 Å². The molecule has 1 nitrogen and oxygen atoms in total. The zero-order valence-corrected chi connectivity index (χ0v) is 7.26. The van der Waals surface area contributed by atoms with Crippen molar-refractivity contribution in [2.24, 2.45) is 0 Å². The van der Waals surface area contributed by atoms with Gasteiger partial charge in [0.1, 0.15) is 0 Å². The summed E-state index contributed by atoms with van der Waals surface area (Å²) in [5.74, 6) is 0. The zero-order chi connectivity index (χ0) is 8.43. The van der Waals surface area contributed by atoms with Crippen molar-refractivity contribution in [3.05, 3.63) is 34.9 Å². The van der Waals surface area contributed by atoms with Crippen LogP contribution in [0.4, 0.5) is 0 Å². The Balaban J connectivity index is 3.09. The number of hydrogen-bond acceptors (Lipinski definition) is 1. The maximum atomic E-state index is 9.30. The van der Waals surface area contributed by atoms with Gasteiger partial charge in [-0.05, 0) is 31.9 Å². The second-order valence-corrected chi connectivity index (χ2v) is 3.04. The van der Waals surface area contributed by atoms with Gasteiger partial charge in [-0.2, -0.15) is 0 Å². The van der Waals surface area contributed by atoms with Crippen molar-refractivity contribution in [1.82, 2.24) is 0 Å². The second kappa shape index (κ2) is 3.05. The monoisotopic (exact) mass is 150 g/mol. The maximum Gasteiger partial charge on any atom is 0.0764 e. The summed E-state index contributed by atoms with van der Waals surface area (Å²) >= 11 is 0. The van der Waals surface area contributed by atoms with E-state index in [1.807, 2.05) is 19.1 Å². The molecule has 1 N–H and O–H groups in total. The molecule has 11 heavy (non-hydrogen) atoms. The topological polar surface area (TPSA) is 20.2 Å². The summed E-state index contributed by atoms with van der Waals surface area (Å²) in [5.41, 5.74) is 3.43. The molecule has 0 fully saturated rings. The fraction of sp³-hybridized carbons (Fsp3) is 0.400. The number of rotatable bonds is 1. The van der Waals surface area contributed by atoms with Crippen molar-refractivity contribution in [1.29, 1.82) is 0 Å². The van der Waals surface area contributed by atoms with Crippen LogP contribution in [0.2, 0.25) is 0 Å². The fourth-order valence-corrected chi connectivity index (χ4v) is 1.29. The minimum absolute atomic E-state index is 0.351. The molecule has 0 heterocycles. The average molecular weight is 150 g/mol. The Labute approximate surface area is 67.7 Å². The van der Waals surface area contributed by atoms with Crippen LogP contribution in [-0.2, 0) is 0 Å². The summed E-state index contributed by atoms with van der Waals surface area (Å²) < 4.78 is 0. The smallest absolute Gasteiger partial charge is 0.0764 e. The predicted octanol–water partition coefficient (Wildman–Crippen LogP) is 2.36. The highest BCUT2D eigenvalue weighted by molar-refractivity contribution is 5.31. The van der Waals surface area contributed by atoms with E-state index >= 15 is 0 Å². The lowest BCUT2D eigenvalue weighted by Crippen LogP contribution is -1.94. The molecule has 0 amide bonds. The molecule has 0 aliphatic carbocycles. The van der Waals surface area contributed by atoms with Gasteiger partial charge in [-0.15, -0.1) is 0 Å². The normalized spacial score (nSPS) is 13.1. The van der Waals surface area contributed by atoms with E-state index in [-0.39, 0.29) is 6.10 Å². The summed E-state index contributed by atoms with van der Waals surface area (Å²) in [6.45, 7) is 5.87. The minimum atomic E-state index is -0.351. The van der Waals surface area contributed by atoms with Crippen molar-refractivity contribution in [3.8, 4) is 0 Å². The highest BCUT2D eigenvalue weighted by atomic mass is 16.3. The largest absolute Gasteiger partial charge is 0.389 e. The third-order valence-electron chi connectivity index (χ3n) is 1.88. The number of aryl methyl sites for hydroxylation is 2. The van der Waals surface area contributed by atoms with Crippen LogP contribution in [0.1, 0.15) is 29.7 Å². The van der Waals surface area contributed by atoms with Gasteiger partial charge in [-0.3, -0.25) is 0 Å². The molecule has 1 heteroatoms. The van der Waals surface area contributed by atoms with Crippen LogP contribution in [0.5, 0.6) is 0 Å². The molecule has 1 rings (SSSR count). The number of benzene rings is 1. The second-order valence-electron chi connectivity index (χ2n) is 3.04. The first-order valence-corrected chi connectivity index (χ1v) is 3.86. The molecule has 0 radical (unpaired) electrons. The molecule has 0 aliphatic rings. The molecule has 0 spiro atoms. The van der Waals surface area contributed by atoms with Crippen LogP contribution in [-0.4, -0.2) is 5.11 Å². The van der Waals surface area contributed by atoms with Crippen molar-refractivity contribution in [2.45, 2.75) is 26.9 Å². The van der Waals surface area contributed by atoms with Gasteiger partial charge in [-0.25, -0.2) is 0 Å². The van der Waals surface area contributed by atoms with E-state index in [0.717, 1.165) is 5.56 Å². The van der Waals surface area contributed by atoms with E-state index in [0.29, 0.717) is 0 Å². The molecule has 1 aromatic carbocycles. The highest BCUT2D eigenvalue weighted by Gasteiger charge is 2.02. The van der Waals surface area contributed by atoms with Gasteiger partial charge in [0.05, 0.1) is 6.10 Å². The van der Waals surface area contributed by atoms with Crippen molar-refractivity contribution >= 4 is 0 Å². The van der Waals surface area contributed by atoms with Gasteiger partial charge in [0, 0.05) is 0 Å². The predicted molar refractivity (Wildman–Crippen MR) is 46.5 cm³/mol. The lowest BCUT2D eigenvalue weighted by Gasteiger charge is -2.08. The molecule has 0 saturated heterocycles. The molecule has 0 aliphatic heterocycles. The van der Waals surface area contributed by atoms with Gasteiger partial charge in [-0.1, -0.05) is 23.8 Å². The molecule has 0 bridgehead atoms. The first-order chi connectivity index (χ1) is 5.11. The van der Waals surface area contributed by atoms with Crippen molar-refractivity contribution < 1.29 is 5.11 Å². The van der Waals surface area contributed by atoms with Gasteiger partial charge >= 0.3 is 0 Å². The van der Waals surface area contributed by atoms with Crippen LogP contribution < -0.4 is 0 Å². The molecule has 60 valence electrons. The van der Waals surface area contributed by atoms with E-state index in [1.54, 1.807) is 6.92 Å². The lowest BCUT2D eigenvalue weighted by atomic mass is 10.0. The van der Waals surface area contributed by atoms with Crippen LogP contribution in [0.15, 0.2) is 18.2 Å². The van der Waals surface area contributed by atoms with E-state index in [1.165, 1.54) is 11.1 Å². The Morgan fingerprint density at radius 3 is 2.36 bits per heavy atom. The Hall–Kier alpha value is -0.820. The molecule has 1 aromatic rings. The standard InChI is InChI=1S/C10H14O/c1-7-4-5-10(9(3)11)8(2)6-7/h4-6,9,11H,1-3H3/t9-/m0/s1. The Bertz CT molecular complexity index is 251. The Morgan fingerprint density at radius 2 is 1.91 bits per heavy atom. The lowest BCUT2D eigenvalue weighted by molar-refractivity contribution is 0.198. The number of aliphatic hydroxyl groups is 1. The molecular formula is C10H14O. The Kier molecular flexibility index (Phi) is 2.30. The van der Waals surface area contributed by atoms with E-state index < -0.39 is 0 Å². The molecular weight excluding hydrogens is 136 g/mol. The molecule has 0 unspecified atom stereocenters. The zero-order valence-electron chi connectivity index (χ0n) is 7.26. The Morgan fingerprint density at radius 1 is 1.27 bits per heavy atom. The third-order valence-corrected chi connectivity index (χ3v) is 1.88. The maximum absolute atomic E-state index is 9.30. The van der Waals surface area contributed by atoms with Gasteiger partial charge in [0.2, 0.25) is 0 Å². The van der Waals surface area contributed by atoms with Crippen LogP contribution in [0.3, 0.4) is 0 Å².